The number of benzene rings is 2. The van der Waals surface area contributed by atoms with Crippen LogP contribution in [0.3, 0.4) is 0 Å². The highest BCUT2D eigenvalue weighted by Gasteiger charge is 2.18. The quantitative estimate of drug-likeness (QED) is 0.676. The van der Waals surface area contributed by atoms with Crippen LogP contribution in [0.2, 0.25) is 0 Å². The van der Waals surface area contributed by atoms with Crippen molar-refractivity contribution in [1.82, 2.24) is 4.98 Å². The predicted octanol–water partition coefficient (Wildman–Crippen LogP) is 4.35. The molecule has 0 unspecified atom stereocenters. The Morgan fingerprint density at radius 2 is 1.63 bits per heavy atom. The zero-order valence-electron chi connectivity index (χ0n) is 14.0. The maximum absolute atomic E-state index is 13.7. The molecule has 0 fully saturated rings. The molecule has 0 radical (unpaired) electrons. The maximum Gasteiger partial charge on any atom is 0.263 e. The van der Waals surface area contributed by atoms with Gasteiger partial charge in [0.15, 0.2) is 0 Å². The highest BCUT2D eigenvalue weighted by Crippen LogP contribution is 2.23. The van der Waals surface area contributed by atoms with Crippen molar-refractivity contribution >= 4 is 27.2 Å². The molecule has 1 heterocycles. The van der Waals surface area contributed by atoms with Crippen molar-refractivity contribution in [1.29, 1.82) is 0 Å². The van der Waals surface area contributed by atoms with Crippen LogP contribution in [0.4, 0.5) is 30.4 Å². The van der Waals surface area contributed by atoms with Crippen LogP contribution >= 0.6 is 0 Å². The molecule has 0 aliphatic carbocycles. The summed E-state index contributed by atoms with van der Waals surface area (Å²) in [7, 11) is -3.95. The number of hydrogen-bond acceptors (Lipinski definition) is 4. The highest BCUT2D eigenvalue weighted by molar-refractivity contribution is 7.92. The first kappa shape index (κ1) is 18.7. The van der Waals surface area contributed by atoms with Gasteiger partial charge < -0.3 is 5.32 Å². The van der Waals surface area contributed by atoms with Gasteiger partial charge >= 0.3 is 0 Å². The SMILES string of the molecule is Cc1cc(F)ccc1S(=O)(=O)Nc1ccc(Nc2ccc(F)cc2F)cn1. The number of sulfonamides is 1. The van der Waals surface area contributed by atoms with E-state index in [0.717, 1.165) is 24.3 Å². The molecular weight excluding hydrogens is 379 g/mol. The number of pyridine rings is 1. The Hall–Kier alpha value is -3.07. The summed E-state index contributed by atoms with van der Waals surface area (Å²) >= 11 is 0. The summed E-state index contributed by atoms with van der Waals surface area (Å²) in [5.74, 6) is -1.97. The Kier molecular flexibility index (Phi) is 5.04. The number of nitrogens with zero attached hydrogens (tertiary/aromatic N) is 1. The second kappa shape index (κ2) is 7.28. The van der Waals surface area contributed by atoms with Crippen LogP contribution in [0.1, 0.15) is 5.56 Å². The lowest BCUT2D eigenvalue weighted by molar-refractivity contribution is 0.586. The molecule has 0 atom stereocenters. The summed E-state index contributed by atoms with van der Waals surface area (Å²) in [5, 5.41) is 2.71. The first-order valence-electron chi connectivity index (χ1n) is 7.72. The number of aryl methyl sites for hydroxylation is 1. The van der Waals surface area contributed by atoms with Gasteiger partial charge in [0.25, 0.3) is 10.0 Å². The van der Waals surface area contributed by atoms with Crippen LogP contribution in [0.25, 0.3) is 0 Å². The summed E-state index contributed by atoms with van der Waals surface area (Å²) in [6, 6.07) is 9.27. The Morgan fingerprint density at radius 3 is 2.26 bits per heavy atom. The summed E-state index contributed by atoms with van der Waals surface area (Å²) < 4.78 is 66.8. The van der Waals surface area contributed by atoms with Crippen molar-refractivity contribution in [3.63, 3.8) is 0 Å². The summed E-state index contributed by atoms with van der Waals surface area (Å²) in [5.41, 5.74) is 0.683. The molecule has 2 aromatic carbocycles. The normalized spacial score (nSPS) is 11.3. The number of halogens is 3. The van der Waals surface area contributed by atoms with Gasteiger partial charge in [-0.1, -0.05) is 0 Å². The molecule has 3 aromatic rings. The van der Waals surface area contributed by atoms with Crippen molar-refractivity contribution in [2.24, 2.45) is 0 Å². The zero-order valence-corrected chi connectivity index (χ0v) is 14.8. The van der Waals surface area contributed by atoms with E-state index in [4.69, 9.17) is 0 Å². The molecule has 27 heavy (non-hydrogen) atoms. The molecule has 5 nitrogen and oxygen atoms in total. The lowest BCUT2D eigenvalue weighted by Crippen LogP contribution is -2.15. The smallest absolute Gasteiger partial charge is 0.263 e. The third-order valence-electron chi connectivity index (χ3n) is 3.64. The van der Waals surface area contributed by atoms with Crippen LogP contribution in [0.15, 0.2) is 59.6 Å². The van der Waals surface area contributed by atoms with E-state index in [2.05, 4.69) is 15.0 Å². The molecule has 1 aromatic heterocycles. The third kappa shape index (κ3) is 4.37. The van der Waals surface area contributed by atoms with Gasteiger partial charge in [0, 0.05) is 6.07 Å². The lowest BCUT2D eigenvalue weighted by atomic mass is 10.2. The number of rotatable bonds is 5. The number of anilines is 3. The minimum atomic E-state index is -3.95. The summed E-state index contributed by atoms with van der Waals surface area (Å²) in [6.45, 7) is 1.48. The summed E-state index contributed by atoms with van der Waals surface area (Å²) in [6.07, 6.45) is 1.29. The largest absolute Gasteiger partial charge is 0.352 e. The molecule has 0 saturated heterocycles. The fourth-order valence-corrected chi connectivity index (χ4v) is 3.62. The average Bonchev–Trinajstić information content (AvgIpc) is 2.58. The van der Waals surface area contributed by atoms with E-state index >= 15 is 0 Å². The zero-order chi connectivity index (χ0) is 19.6. The molecule has 0 saturated carbocycles. The number of hydrogen-bond donors (Lipinski definition) is 2. The van der Waals surface area contributed by atoms with E-state index in [-0.39, 0.29) is 22.0 Å². The van der Waals surface area contributed by atoms with E-state index in [0.29, 0.717) is 5.69 Å². The second-order valence-corrected chi connectivity index (χ2v) is 7.35. The predicted molar refractivity (Wildman–Crippen MR) is 95.8 cm³/mol. The van der Waals surface area contributed by atoms with Crippen LogP contribution in [-0.2, 0) is 10.0 Å². The lowest BCUT2D eigenvalue weighted by Gasteiger charge is -2.11. The van der Waals surface area contributed by atoms with Crippen molar-refractivity contribution in [2.75, 3.05) is 10.0 Å². The molecule has 3 rings (SSSR count). The fourth-order valence-electron chi connectivity index (χ4n) is 2.38. The number of nitrogens with one attached hydrogen (secondary N) is 2. The minimum Gasteiger partial charge on any atom is -0.352 e. The Balaban J connectivity index is 1.77. The van der Waals surface area contributed by atoms with Crippen LogP contribution in [0, 0.1) is 24.4 Å². The van der Waals surface area contributed by atoms with E-state index < -0.39 is 27.5 Å². The molecule has 0 amide bonds. The average molecular weight is 393 g/mol. The molecule has 0 spiro atoms. The van der Waals surface area contributed by atoms with Crippen LogP contribution in [-0.4, -0.2) is 13.4 Å². The van der Waals surface area contributed by atoms with Gasteiger partial charge in [-0.3, -0.25) is 4.72 Å². The van der Waals surface area contributed by atoms with Gasteiger partial charge in [-0.2, -0.15) is 0 Å². The highest BCUT2D eigenvalue weighted by atomic mass is 32.2. The van der Waals surface area contributed by atoms with Crippen LogP contribution in [0.5, 0.6) is 0 Å². The minimum absolute atomic E-state index is 0.0313. The van der Waals surface area contributed by atoms with Crippen molar-refractivity contribution in [2.45, 2.75) is 11.8 Å². The fraction of sp³-hybridized carbons (Fsp3) is 0.0556. The van der Waals surface area contributed by atoms with E-state index in [1.807, 2.05) is 0 Å². The molecule has 9 heteroatoms. The van der Waals surface area contributed by atoms with Gasteiger partial charge in [0.05, 0.1) is 22.5 Å². The first-order valence-corrected chi connectivity index (χ1v) is 9.20. The molecule has 0 bridgehead atoms. The molecule has 140 valence electrons. The van der Waals surface area contributed by atoms with Crippen molar-refractivity contribution < 1.29 is 21.6 Å². The molecular formula is C18H14F3N3O2S. The summed E-state index contributed by atoms with van der Waals surface area (Å²) in [4.78, 5) is 3.89. The van der Waals surface area contributed by atoms with Gasteiger partial charge in [-0.05, 0) is 55.0 Å². The van der Waals surface area contributed by atoms with Gasteiger partial charge in [-0.15, -0.1) is 0 Å². The van der Waals surface area contributed by atoms with Crippen LogP contribution < -0.4 is 10.0 Å². The second-order valence-electron chi connectivity index (χ2n) is 5.70. The third-order valence-corrected chi connectivity index (χ3v) is 5.15. The van der Waals surface area contributed by atoms with E-state index in [1.165, 1.54) is 37.4 Å². The molecule has 0 aliphatic rings. The van der Waals surface area contributed by atoms with E-state index in [9.17, 15) is 21.6 Å². The number of aromatic nitrogens is 1. The Labute approximate surface area is 153 Å². The molecule has 0 aliphatic heterocycles. The first-order chi connectivity index (χ1) is 12.7. The Morgan fingerprint density at radius 1 is 0.926 bits per heavy atom. The van der Waals surface area contributed by atoms with Crippen molar-refractivity contribution in [3.05, 3.63) is 77.7 Å². The van der Waals surface area contributed by atoms with Gasteiger partial charge in [0.1, 0.15) is 23.3 Å². The molecule has 2 N–H and O–H groups in total. The Bertz CT molecular complexity index is 1090. The monoisotopic (exact) mass is 393 g/mol. The maximum atomic E-state index is 13.7. The topological polar surface area (TPSA) is 71.1 Å². The van der Waals surface area contributed by atoms with Crippen molar-refractivity contribution in [3.8, 4) is 0 Å². The standard InChI is InChI=1S/C18H14F3N3O2S/c1-11-8-12(19)3-6-17(11)27(25,26)24-18-7-4-14(10-22-18)23-16-5-2-13(20)9-15(16)21/h2-10,23H,1H3,(H,22,24). The van der Waals surface area contributed by atoms with E-state index in [1.54, 1.807) is 0 Å². The van der Waals surface area contributed by atoms with Gasteiger partial charge in [0.2, 0.25) is 0 Å². The van der Waals surface area contributed by atoms with Gasteiger partial charge in [-0.25, -0.2) is 26.6 Å².